The van der Waals surface area contributed by atoms with E-state index in [4.69, 9.17) is 13.9 Å². The maximum atomic E-state index is 11.5. The van der Waals surface area contributed by atoms with E-state index in [1.807, 2.05) is 30.3 Å². The molecule has 3 rings (SSSR count). The first kappa shape index (κ1) is 20.5. The van der Waals surface area contributed by atoms with Gasteiger partial charge in [0.25, 0.3) is 0 Å². The van der Waals surface area contributed by atoms with Gasteiger partial charge in [0, 0.05) is 12.5 Å². The lowest BCUT2D eigenvalue weighted by atomic mass is 10.0. The molecule has 0 fully saturated rings. The molecule has 0 atom stereocenters. The van der Waals surface area contributed by atoms with Crippen molar-refractivity contribution in [2.45, 2.75) is 33.0 Å². The van der Waals surface area contributed by atoms with Crippen molar-refractivity contribution in [3.8, 4) is 22.8 Å². The van der Waals surface area contributed by atoms with Crippen molar-refractivity contribution in [2.75, 3.05) is 6.61 Å². The number of rotatable bonds is 9. The normalized spacial score (nSPS) is 10.8. The third-order valence-corrected chi connectivity index (χ3v) is 4.34. The molecule has 0 saturated heterocycles. The number of furan rings is 1. The van der Waals surface area contributed by atoms with E-state index in [9.17, 15) is 15.0 Å². The average Bonchev–Trinajstić information content (AvgIpc) is 3.15. The van der Waals surface area contributed by atoms with Crippen LogP contribution < -0.4 is 0 Å². The summed E-state index contributed by atoms with van der Waals surface area (Å²) in [6.45, 7) is 2.69. The topological polar surface area (TPSA) is 89.1 Å². The number of phenolic OH excluding ortho intramolecular Hbond substituents is 2. The van der Waals surface area contributed by atoms with E-state index in [-0.39, 0.29) is 30.5 Å². The third kappa shape index (κ3) is 5.62. The van der Waals surface area contributed by atoms with Crippen LogP contribution in [0.3, 0.4) is 0 Å². The standard InChI is InChI=1S/C23H24O6/c1-2-28-22(26)11-9-19-8-10-21(29-19)23-17(12-18(24)13-20(23)25)15-27-14-16-6-4-3-5-7-16/h3-8,10,12-13,24-25H,2,9,11,14-15H2,1H3. The van der Waals surface area contributed by atoms with Crippen LogP contribution in [0.15, 0.2) is 59.0 Å². The van der Waals surface area contributed by atoms with Crippen LogP contribution in [0.25, 0.3) is 11.3 Å². The molecule has 0 bridgehead atoms. The predicted molar refractivity (Wildman–Crippen MR) is 107 cm³/mol. The van der Waals surface area contributed by atoms with Crippen molar-refractivity contribution in [2.24, 2.45) is 0 Å². The lowest BCUT2D eigenvalue weighted by Crippen LogP contribution is -2.04. The van der Waals surface area contributed by atoms with Crippen LogP contribution in [0.2, 0.25) is 0 Å². The number of esters is 1. The summed E-state index contributed by atoms with van der Waals surface area (Å²) in [7, 11) is 0. The maximum Gasteiger partial charge on any atom is 0.306 e. The summed E-state index contributed by atoms with van der Waals surface area (Å²) in [6, 6.07) is 16.0. The van der Waals surface area contributed by atoms with Gasteiger partial charge in [0.15, 0.2) is 0 Å². The molecule has 0 aliphatic carbocycles. The molecule has 0 saturated carbocycles. The predicted octanol–water partition coefficient (Wildman–Crippen LogP) is 4.57. The molecule has 6 nitrogen and oxygen atoms in total. The zero-order chi connectivity index (χ0) is 20.6. The summed E-state index contributed by atoms with van der Waals surface area (Å²) in [5.41, 5.74) is 2.08. The molecule has 6 heteroatoms. The Kier molecular flexibility index (Phi) is 6.92. The van der Waals surface area contributed by atoms with Crippen LogP contribution in [-0.4, -0.2) is 22.8 Å². The SMILES string of the molecule is CCOC(=O)CCc1ccc(-c2c(O)cc(O)cc2COCc2ccccc2)o1. The Morgan fingerprint density at radius 2 is 1.83 bits per heavy atom. The number of hydrogen-bond acceptors (Lipinski definition) is 6. The smallest absolute Gasteiger partial charge is 0.306 e. The number of phenols is 2. The molecule has 3 aromatic rings. The highest BCUT2D eigenvalue weighted by Gasteiger charge is 2.17. The van der Waals surface area contributed by atoms with E-state index in [2.05, 4.69) is 0 Å². The fourth-order valence-electron chi connectivity index (χ4n) is 3.03. The van der Waals surface area contributed by atoms with Gasteiger partial charge in [-0.3, -0.25) is 4.79 Å². The quantitative estimate of drug-likeness (QED) is 0.515. The summed E-state index contributed by atoms with van der Waals surface area (Å²) < 4.78 is 16.5. The zero-order valence-corrected chi connectivity index (χ0v) is 16.3. The second kappa shape index (κ2) is 9.80. The lowest BCUT2D eigenvalue weighted by Gasteiger charge is -2.11. The average molecular weight is 396 g/mol. The number of hydrogen-bond donors (Lipinski definition) is 2. The second-order valence-electron chi connectivity index (χ2n) is 6.55. The highest BCUT2D eigenvalue weighted by Crippen LogP contribution is 2.37. The minimum atomic E-state index is -0.284. The van der Waals surface area contributed by atoms with Crippen molar-refractivity contribution in [1.82, 2.24) is 0 Å². The molecular formula is C23H24O6. The van der Waals surface area contributed by atoms with Gasteiger partial charge < -0.3 is 24.1 Å². The summed E-state index contributed by atoms with van der Waals surface area (Å²) in [4.78, 5) is 11.5. The van der Waals surface area contributed by atoms with E-state index in [0.29, 0.717) is 42.3 Å². The maximum absolute atomic E-state index is 11.5. The molecular weight excluding hydrogens is 372 g/mol. The van der Waals surface area contributed by atoms with Crippen LogP contribution in [0, 0.1) is 0 Å². The molecule has 0 radical (unpaired) electrons. The minimum absolute atomic E-state index is 0.0568. The Hall–Kier alpha value is -3.25. The van der Waals surface area contributed by atoms with Crippen molar-refractivity contribution < 1.29 is 28.9 Å². The number of aromatic hydroxyl groups is 2. The fourth-order valence-corrected chi connectivity index (χ4v) is 3.03. The van der Waals surface area contributed by atoms with Gasteiger partial charge in [0.2, 0.25) is 0 Å². The Morgan fingerprint density at radius 1 is 1.03 bits per heavy atom. The van der Waals surface area contributed by atoms with Crippen molar-refractivity contribution >= 4 is 5.97 Å². The van der Waals surface area contributed by atoms with E-state index in [1.54, 1.807) is 25.1 Å². The number of carbonyl (C=O) groups excluding carboxylic acids is 1. The first-order valence-electron chi connectivity index (χ1n) is 9.48. The summed E-state index contributed by atoms with van der Waals surface area (Å²) >= 11 is 0. The van der Waals surface area contributed by atoms with Crippen molar-refractivity contribution in [1.29, 1.82) is 0 Å². The van der Waals surface area contributed by atoms with Gasteiger partial charge in [0.1, 0.15) is 23.0 Å². The van der Waals surface area contributed by atoms with Gasteiger partial charge in [-0.25, -0.2) is 0 Å². The second-order valence-corrected chi connectivity index (χ2v) is 6.55. The van der Waals surface area contributed by atoms with Crippen LogP contribution in [0.5, 0.6) is 11.5 Å². The first-order valence-corrected chi connectivity index (χ1v) is 9.48. The molecule has 1 aromatic heterocycles. The van der Waals surface area contributed by atoms with E-state index < -0.39 is 0 Å². The fraction of sp³-hybridized carbons (Fsp3) is 0.261. The zero-order valence-electron chi connectivity index (χ0n) is 16.3. The van der Waals surface area contributed by atoms with Crippen molar-refractivity contribution in [3.05, 3.63) is 71.5 Å². The lowest BCUT2D eigenvalue weighted by molar-refractivity contribution is -0.143. The molecule has 1 heterocycles. The van der Waals surface area contributed by atoms with Crippen LogP contribution in [0.4, 0.5) is 0 Å². The van der Waals surface area contributed by atoms with E-state index in [0.717, 1.165) is 5.56 Å². The molecule has 152 valence electrons. The molecule has 0 spiro atoms. The highest BCUT2D eigenvalue weighted by atomic mass is 16.5. The van der Waals surface area contributed by atoms with Gasteiger partial charge in [0.05, 0.1) is 31.8 Å². The summed E-state index contributed by atoms with van der Waals surface area (Å²) in [5, 5.41) is 20.3. The molecule has 0 aliphatic rings. The van der Waals surface area contributed by atoms with Gasteiger partial charge in [-0.1, -0.05) is 30.3 Å². The number of aryl methyl sites for hydroxylation is 1. The number of ether oxygens (including phenoxy) is 2. The molecule has 2 N–H and O–H groups in total. The highest BCUT2D eigenvalue weighted by molar-refractivity contribution is 5.72. The number of benzene rings is 2. The van der Waals surface area contributed by atoms with Gasteiger partial charge in [-0.2, -0.15) is 0 Å². The van der Waals surface area contributed by atoms with Gasteiger partial charge in [-0.15, -0.1) is 0 Å². The van der Waals surface area contributed by atoms with Crippen LogP contribution in [-0.2, 0) is 33.9 Å². The largest absolute Gasteiger partial charge is 0.508 e. The monoisotopic (exact) mass is 396 g/mol. The molecule has 0 aliphatic heterocycles. The third-order valence-electron chi connectivity index (χ3n) is 4.34. The summed E-state index contributed by atoms with van der Waals surface area (Å²) in [5.74, 6) is 0.609. The Morgan fingerprint density at radius 3 is 2.59 bits per heavy atom. The molecule has 29 heavy (non-hydrogen) atoms. The Balaban J connectivity index is 1.74. The Labute approximate surface area is 169 Å². The summed E-state index contributed by atoms with van der Waals surface area (Å²) in [6.07, 6.45) is 0.618. The molecule has 0 unspecified atom stereocenters. The minimum Gasteiger partial charge on any atom is -0.508 e. The first-order chi connectivity index (χ1) is 14.1. The van der Waals surface area contributed by atoms with Crippen molar-refractivity contribution in [3.63, 3.8) is 0 Å². The van der Waals surface area contributed by atoms with E-state index >= 15 is 0 Å². The molecule has 2 aromatic carbocycles. The van der Waals surface area contributed by atoms with Gasteiger partial charge >= 0.3 is 5.97 Å². The molecule has 0 amide bonds. The number of carbonyl (C=O) groups is 1. The Bertz CT molecular complexity index is 945. The van der Waals surface area contributed by atoms with Crippen LogP contribution >= 0.6 is 0 Å². The van der Waals surface area contributed by atoms with E-state index in [1.165, 1.54) is 6.07 Å². The van der Waals surface area contributed by atoms with Gasteiger partial charge in [-0.05, 0) is 36.2 Å². The van der Waals surface area contributed by atoms with Crippen LogP contribution in [0.1, 0.15) is 30.2 Å².